The Labute approximate surface area is 158 Å². The van der Waals surface area contributed by atoms with Crippen LogP contribution < -0.4 is 9.64 Å². The standard InChI is InChI=1S/C19H22ClN3O3/c1-26-17-6-3-15(4-7-17)14-21-9-2-10-22(12-11-21)19-8-5-16(23(24)25)13-18(19)20/h3-8,13H,2,9-12,14H2,1H3. The van der Waals surface area contributed by atoms with Crippen molar-refractivity contribution in [3.05, 3.63) is 63.2 Å². The maximum absolute atomic E-state index is 10.9. The Hall–Kier alpha value is -2.31. The lowest BCUT2D eigenvalue weighted by molar-refractivity contribution is -0.384. The molecule has 0 spiro atoms. The molecule has 1 aliphatic heterocycles. The number of hydrogen-bond donors (Lipinski definition) is 0. The van der Waals surface area contributed by atoms with Crippen LogP contribution in [-0.2, 0) is 6.54 Å². The third-order valence-corrected chi connectivity index (χ3v) is 4.94. The highest BCUT2D eigenvalue weighted by Crippen LogP contribution is 2.30. The highest BCUT2D eigenvalue weighted by Gasteiger charge is 2.19. The molecule has 6 nitrogen and oxygen atoms in total. The normalized spacial score (nSPS) is 15.5. The monoisotopic (exact) mass is 375 g/mol. The zero-order valence-corrected chi connectivity index (χ0v) is 15.5. The molecule has 0 aliphatic carbocycles. The van der Waals surface area contributed by atoms with Gasteiger partial charge < -0.3 is 9.64 Å². The second-order valence-electron chi connectivity index (χ2n) is 6.36. The average molecular weight is 376 g/mol. The average Bonchev–Trinajstić information content (AvgIpc) is 2.88. The summed E-state index contributed by atoms with van der Waals surface area (Å²) in [5.74, 6) is 0.864. The fourth-order valence-corrected chi connectivity index (χ4v) is 3.52. The van der Waals surface area contributed by atoms with Gasteiger partial charge in [-0.1, -0.05) is 23.7 Å². The summed E-state index contributed by atoms with van der Waals surface area (Å²) in [5.41, 5.74) is 2.14. The van der Waals surface area contributed by atoms with Gasteiger partial charge in [-0.05, 0) is 30.2 Å². The van der Waals surface area contributed by atoms with Gasteiger partial charge in [-0.2, -0.15) is 0 Å². The van der Waals surface area contributed by atoms with Crippen LogP contribution in [0.15, 0.2) is 42.5 Å². The molecule has 2 aromatic rings. The van der Waals surface area contributed by atoms with Crippen LogP contribution in [0.3, 0.4) is 0 Å². The van der Waals surface area contributed by atoms with E-state index in [1.165, 1.54) is 17.7 Å². The van der Waals surface area contributed by atoms with Gasteiger partial charge >= 0.3 is 0 Å². The van der Waals surface area contributed by atoms with E-state index in [1.807, 2.05) is 12.1 Å². The van der Waals surface area contributed by atoms with Crippen LogP contribution in [-0.4, -0.2) is 43.1 Å². The molecule has 0 aromatic heterocycles. The molecule has 138 valence electrons. The van der Waals surface area contributed by atoms with Crippen molar-refractivity contribution in [1.29, 1.82) is 0 Å². The SMILES string of the molecule is COc1ccc(CN2CCCN(c3ccc([N+](=O)[O-])cc3Cl)CC2)cc1. The number of nitrogens with zero attached hydrogens (tertiary/aromatic N) is 3. The molecule has 0 amide bonds. The van der Waals surface area contributed by atoms with Gasteiger partial charge in [0.25, 0.3) is 5.69 Å². The number of anilines is 1. The van der Waals surface area contributed by atoms with Crippen LogP contribution in [0.25, 0.3) is 0 Å². The summed E-state index contributed by atoms with van der Waals surface area (Å²) in [5, 5.41) is 11.3. The molecule has 1 heterocycles. The number of rotatable bonds is 5. The van der Waals surface area contributed by atoms with E-state index in [2.05, 4.69) is 21.9 Å². The Balaban J connectivity index is 1.63. The lowest BCUT2D eigenvalue weighted by Gasteiger charge is -2.24. The van der Waals surface area contributed by atoms with Crippen LogP contribution in [0.5, 0.6) is 5.75 Å². The minimum absolute atomic E-state index is 0.0229. The van der Waals surface area contributed by atoms with E-state index in [9.17, 15) is 10.1 Å². The van der Waals surface area contributed by atoms with Crippen LogP contribution in [0.1, 0.15) is 12.0 Å². The van der Waals surface area contributed by atoms with E-state index in [0.29, 0.717) is 5.02 Å². The molecule has 0 saturated carbocycles. The fourth-order valence-electron chi connectivity index (χ4n) is 3.22. The topological polar surface area (TPSA) is 58.8 Å². The first-order valence-corrected chi connectivity index (χ1v) is 8.99. The second kappa shape index (κ2) is 8.38. The van der Waals surface area contributed by atoms with Gasteiger partial charge in [0.2, 0.25) is 0 Å². The maximum atomic E-state index is 10.9. The summed E-state index contributed by atoms with van der Waals surface area (Å²) in [6, 6.07) is 12.8. The largest absolute Gasteiger partial charge is 0.497 e. The van der Waals surface area contributed by atoms with Gasteiger partial charge in [-0.25, -0.2) is 0 Å². The quantitative estimate of drug-likeness (QED) is 0.584. The summed E-state index contributed by atoms with van der Waals surface area (Å²) < 4.78 is 5.20. The molecule has 2 aromatic carbocycles. The van der Waals surface area contributed by atoms with Gasteiger partial charge in [0.1, 0.15) is 5.75 Å². The third kappa shape index (κ3) is 4.45. The van der Waals surface area contributed by atoms with Crippen LogP contribution in [0.4, 0.5) is 11.4 Å². The summed E-state index contributed by atoms with van der Waals surface area (Å²) in [6.07, 6.45) is 1.02. The molecule has 1 aliphatic rings. The molecule has 0 radical (unpaired) electrons. The molecular formula is C19H22ClN3O3. The minimum atomic E-state index is -0.422. The van der Waals surface area contributed by atoms with Gasteiger partial charge in [0.05, 0.1) is 22.7 Å². The summed E-state index contributed by atoms with van der Waals surface area (Å²) in [7, 11) is 1.67. The van der Waals surface area contributed by atoms with Gasteiger partial charge in [0.15, 0.2) is 0 Å². The number of halogens is 1. The van der Waals surface area contributed by atoms with Crippen molar-refractivity contribution in [2.75, 3.05) is 38.2 Å². The lowest BCUT2D eigenvalue weighted by Crippen LogP contribution is -2.30. The van der Waals surface area contributed by atoms with E-state index in [4.69, 9.17) is 16.3 Å². The van der Waals surface area contributed by atoms with Gasteiger partial charge in [-0.3, -0.25) is 15.0 Å². The number of hydrogen-bond acceptors (Lipinski definition) is 5. The Bertz CT molecular complexity index is 767. The maximum Gasteiger partial charge on any atom is 0.271 e. The van der Waals surface area contributed by atoms with Crippen molar-refractivity contribution >= 4 is 23.0 Å². The molecule has 0 unspecified atom stereocenters. The van der Waals surface area contributed by atoms with Crippen molar-refractivity contribution in [1.82, 2.24) is 4.90 Å². The van der Waals surface area contributed by atoms with Crippen molar-refractivity contribution in [2.24, 2.45) is 0 Å². The van der Waals surface area contributed by atoms with Crippen LogP contribution >= 0.6 is 11.6 Å². The van der Waals surface area contributed by atoms with Crippen molar-refractivity contribution < 1.29 is 9.66 Å². The molecule has 0 atom stereocenters. The number of ether oxygens (including phenoxy) is 1. The van der Waals surface area contributed by atoms with Crippen molar-refractivity contribution in [3.8, 4) is 5.75 Å². The van der Waals surface area contributed by atoms with Crippen molar-refractivity contribution in [2.45, 2.75) is 13.0 Å². The highest BCUT2D eigenvalue weighted by molar-refractivity contribution is 6.33. The number of nitro benzene ring substituents is 1. The lowest BCUT2D eigenvalue weighted by atomic mass is 10.2. The summed E-state index contributed by atoms with van der Waals surface area (Å²) in [4.78, 5) is 15.1. The molecule has 7 heteroatoms. The van der Waals surface area contributed by atoms with E-state index >= 15 is 0 Å². The first-order valence-electron chi connectivity index (χ1n) is 8.61. The zero-order chi connectivity index (χ0) is 18.5. The Kier molecular flexibility index (Phi) is 5.96. The van der Waals surface area contributed by atoms with Gasteiger partial charge in [0, 0.05) is 44.9 Å². The van der Waals surface area contributed by atoms with E-state index in [0.717, 1.165) is 50.6 Å². The van der Waals surface area contributed by atoms with E-state index < -0.39 is 4.92 Å². The summed E-state index contributed by atoms with van der Waals surface area (Å²) in [6.45, 7) is 4.54. The first kappa shape index (κ1) is 18.5. The molecular weight excluding hydrogens is 354 g/mol. The predicted molar refractivity (Wildman–Crippen MR) is 103 cm³/mol. The molecule has 1 saturated heterocycles. The molecule has 1 fully saturated rings. The zero-order valence-electron chi connectivity index (χ0n) is 14.7. The number of non-ortho nitro benzene ring substituents is 1. The first-order chi connectivity index (χ1) is 12.6. The Morgan fingerprint density at radius 1 is 1.12 bits per heavy atom. The summed E-state index contributed by atoms with van der Waals surface area (Å²) >= 11 is 6.28. The Morgan fingerprint density at radius 3 is 2.54 bits per heavy atom. The fraction of sp³-hybridized carbons (Fsp3) is 0.368. The minimum Gasteiger partial charge on any atom is -0.497 e. The predicted octanol–water partition coefficient (Wildman–Crippen LogP) is 3.97. The van der Waals surface area contributed by atoms with E-state index in [-0.39, 0.29) is 5.69 Å². The second-order valence-corrected chi connectivity index (χ2v) is 6.76. The molecule has 26 heavy (non-hydrogen) atoms. The van der Waals surface area contributed by atoms with Crippen LogP contribution in [0, 0.1) is 10.1 Å². The van der Waals surface area contributed by atoms with Crippen molar-refractivity contribution in [3.63, 3.8) is 0 Å². The van der Waals surface area contributed by atoms with Crippen LogP contribution in [0.2, 0.25) is 5.02 Å². The molecule has 0 N–H and O–H groups in total. The number of nitro groups is 1. The smallest absolute Gasteiger partial charge is 0.271 e. The third-order valence-electron chi connectivity index (χ3n) is 4.64. The van der Waals surface area contributed by atoms with E-state index in [1.54, 1.807) is 13.2 Å². The van der Waals surface area contributed by atoms with Gasteiger partial charge in [-0.15, -0.1) is 0 Å². The number of benzene rings is 2. The molecule has 0 bridgehead atoms. The highest BCUT2D eigenvalue weighted by atomic mass is 35.5. The Morgan fingerprint density at radius 2 is 1.88 bits per heavy atom. The molecule has 3 rings (SSSR count). The number of methoxy groups -OCH3 is 1.